The maximum atomic E-state index is 3.92. The highest BCUT2D eigenvalue weighted by molar-refractivity contribution is 6.80. The molecule has 4 heteroatoms. The predicted molar refractivity (Wildman–Crippen MR) is 141 cm³/mol. The van der Waals surface area contributed by atoms with Crippen LogP contribution in [-0.2, 0) is 0 Å². The zero-order chi connectivity index (χ0) is 21.5. The Morgan fingerprint density at radius 1 is 0.467 bits per heavy atom. The maximum absolute atomic E-state index is 3.92. The molecule has 30 heavy (non-hydrogen) atoms. The lowest BCUT2D eigenvalue weighted by Crippen LogP contribution is -2.33. The molecule has 0 amide bonds. The topological polar surface area (TPSA) is 24.1 Å². The SMILES string of the molecule is C[Si](C)(C)Nc1ccc2ccccc2c1-c1c(N[Si](C)(C)C)ccc2ccccc12. The average molecular weight is 429 g/mol. The molecule has 0 saturated carbocycles. The summed E-state index contributed by atoms with van der Waals surface area (Å²) in [6.45, 7) is 14.1. The van der Waals surface area contributed by atoms with Crippen molar-refractivity contribution in [2.45, 2.75) is 39.3 Å². The minimum atomic E-state index is -1.54. The van der Waals surface area contributed by atoms with Gasteiger partial charge in [-0.2, -0.15) is 0 Å². The monoisotopic (exact) mass is 428 g/mol. The van der Waals surface area contributed by atoms with E-state index in [1.54, 1.807) is 0 Å². The third-order valence-corrected chi connectivity index (χ3v) is 7.17. The van der Waals surface area contributed by atoms with Gasteiger partial charge in [-0.1, -0.05) is 99.9 Å². The Balaban J connectivity index is 2.13. The fraction of sp³-hybridized carbons (Fsp3) is 0.231. The fourth-order valence-electron chi connectivity index (χ4n) is 4.10. The van der Waals surface area contributed by atoms with Crippen molar-refractivity contribution >= 4 is 49.4 Å². The first-order chi connectivity index (χ1) is 14.1. The quantitative estimate of drug-likeness (QED) is 0.313. The molecule has 0 aromatic heterocycles. The van der Waals surface area contributed by atoms with Crippen molar-refractivity contribution in [2.75, 3.05) is 9.96 Å². The van der Waals surface area contributed by atoms with Crippen molar-refractivity contribution in [1.82, 2.24) is 0 Å². The second-order valence-electron chi connectivity index (χ2n) is 10.2. The summed E-state index contributed by atoms with van der Waals surface area (Å²) >= 11 is 0. The number of fused-ring (bicyclic) bond motifs is 2. The van der Waals surface area contributed by atoms with Gasteiger partial charge in [-0.3, -0.25) is 0 Å². The summed E-state index contributed by atoms with van der Waals surface area (Å²) in [5, 5.41) is 5.16. The van der Waals surface area contributed by atoms with Crippen molar-refractivity contribution in [1.29, 1.82) is 0 Å². The fourth-order valence-corrected chi connectivity index (χ4v) is 6.13. The van der Waals surface area contributed by atoms with E-state index in [2.05, 4.69) is 122 Å². The van der Waals surface area contributed by atoms with E-state index in [1.807, 2.05) is 0 Å². The van der Waals surface area contributed by atoms with E-state index in [9.17, 15) is 0 Å². The van der Waals surface area contributed by atoms with Crippen LogP contribution in [0.25, 0.3) is 32.7 Å². The molecule has 0 aliphatic carbocycles. The van der Waals surface area contributed by atoms with Crippen LogP contribution < -0.4 is 9.96 Å². The van der Waals surface area contributed by atoms with Crippen LogP contribution in [0, 0.1) is 0 Å². The summed E-state index contributed by atoms with van der Waals surface area (Å²) in [4.78, 5) is 7.84. The molecule has 4 aromatic rings. The zero-order valence-corrected chi connectivity index (χ0v) is 20.9. The largest absolute Gasteiger partial charge is 0.410 e. The van der Waals surface area contributed by atoms with Crippen molar-refractivity contribution in [2.24, 2.45) is 0 Å². The smallest absolute Gasteiger partial charge is 0.144 e. The molecule has 2 nitrogen and oxygen atoms in total. The lowest BCUT2D eigenvalue weighted by molar-refractivity contribution is 1.56. The van der Waals surface area contributed by atoms with E-state index in [0.717, 1.165) is 0 Å². The minimum absolute atomic E-state index is 1.24. The van der Waals surface area contributed by atoms with Crippen LogP contribution in [0.15, 0.2) is 72.8 Å². The molecule has 0 aliphatic rings. The van der Waals surface area contributed by atoms with E-state index in [0.29, 0.717) is 0 Å². The summed E-state index contributed by atoms with van der Waals surface area (Å²) < 4.78 is 0. The summed E-state index contributed by atoms with van der Waals surface area (Å²) in [7, 11) is -3.09. The zero-order valence-electron chi connectivity index (χ0n) is 18.9. The van der Waals surface area contributed by atoms with E-state index >= 15 is 0 Å². The van der Waals surface area contributed by atoms with Crippen LogP contribution in [0.4, 0.5) is 11.4 Å². The van der Waals surface area contributed by atoms with Gasteiger partial charge in [0.1, 0.15) is 16.5 Å². The van der Waals surface area contributed by atoms with Gasteiger partial charge in [0.2, 0.25) is 0 Å². The normalized spacial score (nSPS) is 12.3. The second-order valence-corrected chi connectivity index (χ2v) is 19.7. The van der Waals surface area contributed by atoms with E-state index in [-0.39, 0.29) is 0 Å². The van der Waals surface area contributed by atoms with Crippen molar-refractivity contribution in [3.63, 3.8) is 0 Å². The van der Waals surface area contributed by atoms with Crippen LogP contribution in [0.5, 0.6) is 0 Å². The summed E-state index contributed by atoms with van der Waals surface area (Å²) in [5.74, 6) is 0. The van der Waals surface area contributed by atoms with Gasteiger partial charge in [0.15, 0.2) is 0 Å². The highest BCUT2D eigenvalue weighted by atomic mass is 28.3. The second kappa shape index (κ2) is 7.60. The summed E-state index contributed by atoms with van der Waals surface area (Å²) in [6.07, 6.45) is 0. The average Bonchev–Trinajstić information content (AvgIpc) is 2.66. The van der Waals surface area contributed by atoms with Crippen molar-refractivity contribution < 1.29 is 0 Å². The molecule has 0 atom stereocenters. The number of benzene rings is 4. The third kappa shape index (κ3) is 4.30. The number of anilines is 2. The van der Waals surface area contributed by atoms with E-state index < -0.39 is 16.5 Å². The van der Waals surface area contributed by atoms with Gasteiger partial charge in [0.05, 0.1) is 0 Å². The molecule has 154 valence electrons. The van der Waals surface area contributed by atoms with Crippen molar-refractivity contribution in [3.05, 3.63) is 72.8 Å². The molecule has 4 aromatic carbocycles. The minimum Gasteiger partial charge on any atom is -0.410 e. The Kier molecular flexibility index (Phi) is 5.24. The molecule has 0 unspecified atom stereocenters. The van der Waals surface area contributed by atoms with Crippen LogP contribution in [0.2, 0.25) is 39.3 Å². The van der Waals surface area contributed by atoms with Crippen LogP contribution in [-0.4, -0.2) is 16.5 Å². The van der Waals surface area contributed by atoms with Gasteiger partial charge in [0.25, 0.3) is 0 Å². The number of rotatable bonds is 5. The van der Waals surface area contributed by atoms with Gasteiger partial charge in [-0.25, -0.2) is 0 Å². The maximum Gasteiger partial charge on any atom is 0.144 e. The van der Waals surface area contributed by atoms with Crippen LogP contribution in [0.1, 0.15) is 0 Å². The molecule has 0 radical (unpaired) electrons. The van der Waals surface area contributed by atoms with Crippen LogP contribution in [0.3, 0.4) is 0 Å². The predicted octanol–water partition coefficient (Wildman–Crippen LogP) is 8.15. The first kappa shape index (κ1) is 20.7. The summed E-state index contributed by atoms with van der Waals surface area (Å²) in [6, 6.07) is 26.6. The van der Waals surface area contributed by atoms with Gasteiger partial charge < -0.3 is 9.96 Å². The summed E-state index contributed by atoms with van der Waals surface area (Å²) in [5.41, 5.74) is 5.10. The molecule has 0 aliphatic heterocycles. The highest BCUT2D eigenvalue weighted by Gasteiger charge is 2.23. The molecule has 2 N–H and O–H groups in total. The van der Waals surface area contributed by atoms with Gasteiger partial charge >= 0.3 is 0 Å². The van der Waals surface area contributed by atoms with Gasteiger partial charge in [-0.15, -0.1) is 0 Å². The van der Waals surface area contributed by atoms with Crippen LogP contribution >= 0.6 is 0 Å². The highest BCUT2D eigenvalue weighted by Crippen LogP contribution is 2.44. The van der Waals surface area contributed by atoms with E-state index in [4.69, 9.17) is 0 Å². The van der Waals surface area contributed by atoms with Crippen molar-refractivity contribution in [3.8, 4) is 11.1 Å². The Morgan fingerprint density at radius 2 is 0.833 bits per heavy atom. The standard InChI is InChI=1S/C26H32N2Si2/c1-29(2,3)27-23-17-15-19-11-7-9-13-21(19)25(23)26-22-14-10-8-12-20(22)16-18-24(26)28-30(4,5)6/h7-18,27-28H,1-6H3. The molecule has 0 bridgehead atoms. The molecule has 0 fully saturated rings. The Bertz CT molecular complexity index is 1120. The van der Waals surface area contributed by atoms with Gasteiger partial charge in [-0.05, 0) is 33.7 Å². The van der Waals surface area contributed by atoms with Gasteiger partial charge in [0, 0.05) is 22.5 Å². The lowest BCUT2D eigenvalue weighted by atomic mass is 9.91. The first-order valence-corrected chi connectivity index (χ1v) is 17.7. The molecule has 0 heterocycles. The molecule has 0 spiro atoms. The number of hydrogen-bond donors (Lipinski definition) is 2. The lowest BCUT2D eigenvalue weighted by Gasteiger charge is -2.27. The molecule has 0 saturated heterocycles. The Morgan fingerprint density at radius 3 is 1.20 bits per heavy atom. The van der Waals surface area contributed by atoms with E-state index in [1.165, 1.54) is 44.0 Å². The Hall–Kier alpha value is -2.57. The number of hydrogen-bond acceptors (Lipinski definition) is 2. The molecule has 4 rings (SSSR count). The molecular weight excluding hydrogens is 396 g/mol. The third-order valence-electron chi connectivity index (χ3n) is 5.13. The molecular formula is C26H32N2Si2. The first-order valence-electron chi connectivity index (χ1n) is 10.7. The number of nitrogens with one attached hydrogen (secondary N) is 2. The Labute approximate surface area is 182 Å².